The van der Waals surface area contributed by atoms with Crippen LogP contribution in [0.2, 0.25) is 0 Å². The van der Waals surface area contributed by atoms with E-state index in [0.29, 0.717) is 11.3 Å². The molecule has 1 N–H and O–H groups in total. The first kappa shape index (κ1) is 28.7. The lowest BCUT2D eigenvalue weighted by atomic mass is 9.97. The predicted molar refractivity (Wildman–Crippen MR) is 141 cm³/mol. The highest BCUT2D eigenvalue weighted by Crippen LogP contribution is 2.41. The molecule has 0 saturated carbocycles. The number of carbonyl (C=O) groups is 3. The molecule has 10 nitrogen and oxygen atoms in total. The summed E-state index contributed by atoms with van der Waals surface area (Å²) in [6.45, 7) is 11.4. The molecule has 11 heteroatoms. The molecular formula is C27H32N2O8S. The zero-order chi connectivity index (χ0) is 28.6. The van der Waals surface area contributed by atoms with Gasteiger partial charge in [-0.3, -0.25) is 14.3 Å². The number of hydroxylamine groups is 1. The summed E-state index contributed by atoms with van der Waals surface area (Å²) in [5.41, 5.74) is -1.20. The van der Waals surface area contributed by atoms with Crippen LogP contribution in [0.5, 0.6) is 5.75 Å². The Balaban J connectivity index is 2.06. The molecule has 3 rings (SSSR count). The minimum atomic E-state index is -3.99. The Morgan fingerprint density at radius 3 is 2.00 bits per heavy atom. The summed E-state index contributed by atoms with van der Waals surface area (Å²) in [7, 11) is -2.52. The Labute approximate surface area is 222 Å². The summed E-state index contributed by atoms with van der Waals surface area (Å²) < 4.78 is 38.9. The number of ether oxygens (including phenoxy) is 2. The molecule has 1 aliphatic rings. The van der Waals surface area contributed by atoms with Gasteiger partial charge in [-0.2, -0.15) is 0 Å². The molecule has 1 heterocycles. The van der Waals surface area contributed by atoms with Gasteiger partial charge in [0.15, 0.2) is 0 Å². The molecule has 0 atom stereocenters. The molecule has 1 amide bonds. The maximum atomic E-state index is 13.4. The molecular weight excluding hydrogens is 512 g/mol. The molecule has 0 bridgehead atoms. The highest BCUT2D eigenvalue weighted by atomic mass is 32.2. The van der Waals surface area contributed by atoms with Crippen molar-refractivity contribution in [1.29, 1.82) is 0 Å². The Bertz CT molecular complexity index is 1410. The Kier molecular flexibility index (Phi) is 7.65. The van der Waals surface area contributed by atoms with E-state index in [1.807, 2.05) is 0 Å². The van der Waals surface area contributed by atoms with Crippen molar-refractivity contribution >= 4 is 44.8 Å². The third-order valence-electron chi connectivity index (χ3n) is 5.50. The molecule has 0 spiro atoms. The SMILES string of the molecule is COc1ccc(S(=O)(=O)Nc2ccc3c(c2)N(OC(=O)C(C)(C)C)C(=O)/C3=C(/C)OC(=O)C(C)(C)C)cc1. The first-order valence-electron chi connectivity index (χ1n) is 11.8. The molecule has 2 aromatic carbocycles. The summed E-state index contributed by atoms with van der Waals surface area (Å²) in [4.78, 5) is 44.0. The number of methoxy groups -OCH3 is 1. The normalized spacial score (nSPS) is 15.1. The van der Waals surface area contributed by atoms with Gasteiger partial charge in [-0.15, -0.1) is 5.06 Å². The van der Waals surface area contributed by atoms with Crippen LogP contribution < -0.4 is 14.5 Å². The van der Waals surface area contributed by atoms with Crippen LogP contribution in [-0.2, 0) is 34.0 Å². The monoisotopic (exact) mass is 544 g/mol. The summed E-state index contributed by atoms with van der Waals surface area (Å²) in [6.07, 6.45) is 0. The Morgan fingerprint density at radius 2 is 1.47 bits per heavy atom. The van der Waals surface area contributed by atoms with Crippen LogP contribution >= 0.6 is 0 Å². The van der Waals surface area contributed by atoms with Gasteiger partial charge in [0, 0.05) is 5.56 Å². The lowest BCUT2D eigenvalue weighted by Crippen LogP contribution is -2.35. The topological polar surface area (TPSA) is 128 Å². The van der Waals surface area contributed by atoms with Crippen molar-refractivity contribution < 1.29 is 37.1 Å². The van der Waals surface area contributed by atoms with Crippen molar-refractivity contribution in [1.82, 2.24) is 0 Å². The van der Waals surface area contributed by atoms with Crippen molar-refractivity contribution in [2.75, 3.05) is 16.9 Å². The Morgan fingerprint density at radius 1 is 0.895 bits per heavy atom. The van der Waals surface area contributed by atoms with Gasteiger partial charge in [0.2, 0.25) is 0 Å². The summed E-state index contributed by atoms with van der Waals surface area (Å²) in [5.74, 6) is -1.44. The minimum Gasteiger partial charge on any atom is -0.497 e. The highest BCUT2D eigenvalue weighted by molar-refractivity contribution is 7.92. The van der Waals surface area contributed by atoms with E-state index in [0.717, 1.165) is 5.06 Å². The lowest BCUT2D eigenvalue weighted by Gasteiger charge is -2.22. The first-order chi connectivity index (χ1) is 17.5. The molecule has 0 aliphatic carbocycles. The van der Waals surface area contributed by atoms with Crippen LogP contribution in [0.15, 0.2) is 53.1 Å². The van der Waals surface area contributed by atoms with E-state index < -0.39 is 38.7 Å². The quantitative estimate of drug-likeness (QED) is 0.316. The maximum Gasteiger partial charge on any atom is 0.338 e. The fourth-order valence-corrected chi connectivity index (χ4v) is 4.31. The molecule has 0 saturated heterocycles. The van der Waals surface area contributed by atoms with Crippen LogP contribution in [0.3, 0.4) is 0 Å². The predicted octanol–water partition coefficient (Wildman–Crippen LogP) is 4.67. The summed E-state index contributed by atoms with van der Waals surface area (Å²) >= 11 is 0. The van der Waals surface area contributed by atoms with E-state index >= 15 is 0 Å². The van der Waals surface area contributed by atoms with Gasteiger partial charge in [0.25, 0.3) is 15.9 Å². The largest absolute Gasteiger partial charge is 0.497 e. The molecule has 0 fully saturated rings. The van der Waals surface area contributed by atoms with E-state index in [1.54, 1.807) is 41.5 Å². The van der Waals surface area contributed by atoms with Crippen molar-refractivity contribution in [2.45, 2.75) is 53.4 Å². The molecule has 2 aromatic rings. The number of amides is 1. The Hall–Kier alpha value is -3.86. The van der Waals surface area contributed by atoms with E-state index in [4.69, 9.17) is 14.3 Å². The molecule has 1 aliphatic heterocycles. The maximum absolute atomic E-state index is 13.4. The second-order valence-corrected chi connectivity index (χ2v) is 12.5. The van der Waals surface area contributed by atoms with Crippen LogP contribution in [0.4, 0.5) is 11.4 Å². The molecule has 0 radical (unpaired) electrons. The van der Waals surface area contributed by atoms with Crippen molar-refractivity contribution in [3.05, 3.63) is 53.8 Å². The van der Waals surface area contributed by atoms with E-state index in [-0.39, 0.29) is 27.6 Å². The molecule has 0 unspecified atom stereocenters. The zero-order valence-corrected chi connectivity index (χ0v) is 23.5. The second-order valence-electron chi connectivity index (χ2n) is 10.8. The van der Waals surface area contributed by atoms with Gasteiger partial charge in [0.05, 0.1) is 39.8 Å². The van der Waals surface area contributed by atoms with E-state index in [1.165, 1.54) is 56.5 Å². The molecule has 0 aromatic heterocycles. The highest BCUT2D eigenvalue weighted by Gasteiger charge is 2.40. The van der Waals surface area contributed by atoms with Crippen LogP contribution in [0.25, 0.3) is 5.57 Å². The van der Waals surface area contributed by atoms with E-state index in [2.05, 4.69) is 4.72 Å². The number of carbonyl (C=O) groups excluding carboxylic acids is 3. The number of benzene rings is 2. The summed E-state index contributed by atoms with van der Waals surface area (Å²) in [5, 5.41) is 0.790. The first-order valence-corrected chi connectivity index (χ1v) is 13.3. The number of hydrogen-bond donors (Lipinski definition) is 1. The number of fused-ring (bicyclic) bond motifs is 1. The smallest absolute Gasteiger partial charge is 0.338 e. The van der Waals surface area contributed by atoms with Crippen LogP contribution in [0.1, 0.15) is 54.0 Å². The number of hydrogen-bond acceptors (Lipinski definition) is 8. The lowest BCUT2D eigenvalue weighted by molar-refractivity contribution is -0.157. The molecule has 38 heavy (non-hydrogen) atoms. The fourth-order valence-electron chi connectivity index (χ4n) is 3.26. The summed E-state index contributed by atoms with van der Waals surface area (Å²) in [6, 6.07) is 10.1. The minimum absolute atomic E-state index is 0.00332. The number of nitrogens with zero attached hydrogens (tertiary/aromatic N) is 1. The average Bonchev–Trinajstić information content (AvgIpc) is 3.08. The van der Waals surface area contributed by atoms with Gasteiger partial charge in [0.1, 0.15) is 11.5 Å². The van der Waals surface area contributed by atoms with Gasteiger partial charge in [-0.05, 0) is 90.9 Å². The fraction of sp³-hybridized carbons (Fsp3) is 0.370. The van der Waals surface area contributed by atoms with Crippen LogP contribution in [-0.4, -0.2) is 33.4 Å². The average molecular weight is 545 g/mol. The number of allylic oxidation sites excluding steroid dienone is 1. The van der Waals surface area contributed by atoms with Gasteiger partial charge in [-0.25, -0.2) is 13.2 Å². The van der Waals surface area contributed by atoms with Crippen molar-refractivity contribution in [3.8, 4) is 5.75 Å². The van der Waals surface area contributed by atoms with Crippen molar-refractivity contribution in [3.63, 3.8) is 0 Å². The number of rotatable bonds is 6. The number of anilines is 2. The second kappa shape index (κ2) is 10.1. The standard InChI is InChI=1S/C27H32N2O8S/c1-16(36-24(31)26(2,3)4)22-20-14-9-17(28-38(33,34)19-12-10-18(35-8)11-13-19)15-21(20)29(23(22)30)37-25(32)27(5,6)7/h9-15,28H,1-8H3/b22-16-. The van der Waals surface area contributed by atoms with E-state index in [9.17, 15) is 22.8 Å². The van der Waals surface area contributed by atoms with Crippen LogP contribution in [0, 0.1) is 10.8 Å². The third-order valence-corrected chi connectivity index (χ3v) is 6.90. The third kappa shape index (κ3) is 5.99. The van der Waals surface area contributed by atoms with Gasteiger partial charge in [-0.1, -0.05) is 0 Å². The molecule has 204 valence electrons. The zero-order valence-electron chi connectivity index (χ0n) is 22.7. The van der Waals surface area contributed by atoms with Crippen molar-refractivity contribution in [2.24, 2.45) is 10.8 Å². The van der Waals surface area contributed by atoms with Gasteiger partial charge >= 0.3 is 11.9 Å². The van der Waals surface area contributed by atoms with Gasteiger partial charge < -0.3 is 14.3 Å². The number of sulfonamides is 1. The number of nitrogens with one attached hydrogen (secondary N) is 1. The number of esters is 1.